The molecular weight excluding hydrogens is 406 g/mol. The summed E-state index contributed by atoms with van der Waals surface area (Å²) in [5.74, 6) is 0.117. The SMILES string of the molecule is COc1ccc(/C=C/C(=O)OC(C(=O)Nc2cc(C)ccc2OC)c2ccccc2)cc1. The van der Waals surface area contributed by atoms with Gasteiger partial charge in [-0.25, -0.2) is 4.79 Å². The van der Waals surface area contributed by atoms with E-state index < -0.39 is 18.0 Å². The normalized spacial score (nSPS) is 11.6. The minimum atomic E-state index is -1.13. The molecule has 32 heavy (non-hydrogen) atoms. The molecule has 3 aromatic carbocycles. The number of esters is 1. The highest BCUT2D eigenvalue weighted by molar-refractivity contribution is 5.98. The number of benzene rings is 3. The first-order chi connectivity index (χ1) is 15.5. The quantitative estimate of drug-likeness (QED) is 0.404. The summed E-state index contributed by atoms with van der Waals surface area (Å²) in [6.07, 6.45) is 1.78. The van der Waals surface area contributed by atoms with E-state index in [9.17, 15) is 9.59 Å². The van der Waals surface area contributed by atoms with E-state index in [-0.39, 0.29) is 0 Å². The molecule has 0 bridgehead atoms. The summed E-state index contributed by atoms with van der Waals surface area (Å²) >= 11 is 0. The van der Waals surface area contributed by atoms with Crippen molar-refractivity contribution >= 4 is 23.6 Å². The molecule has 3 aromatic rings. The van der Waals surface area contributed by atoms with Gasteiger partial charge in [0.1, 0.15) is 11.5 Å². The molecule has 0 fully saturated rings. The zero-order valence-corrected chi connectivity index (χ0v) is 18.2. The molecule has 1 unspecified atom stereocenters. The molecule has 3 rings (SSSR count). The van der Waals surface area contributed by atoms with E-state index in [0.29, 0.717) is 17.0 Å². The van der Waals surface area contributed by atoms with Crippen molar-refractivity contribution in [3.05, 3.63) is 95.6 Å². The maximum Gasteiger partial charge on any atom is 0.331 e. The Balaban J connectivity index is 1.78. The Hall–Kier alpha value is -4.06. The van der Waals surface area contributed by atoms with Crippen LogP contribution < -0.4 is 14.8 Å². The maximum absolute atomic E-state index is 13.1. The van der Waals surface area contributed by atoms with Crippen molar-refractivity contribution in [2.45, 2.75) is 13.0 Å². The third-order valence-electron chi connectivity index (χ3n) is 4.71. The Kier molecular flexibility index (Phi) is 7.65. The second-order valence-corrected chi connectivity index (χ2v) is 7.03. The van der Waals surface area contributed by atoms with E-state index in [0.717, 1.165) is 16.9 Å². The third kappa shape index (κ3) is 5.98. The number of aryl methyl sites for hydroxylation is 1. The van der Waals surface area contributed by atoms with Gasteiger partial charge in [0.05, 0.1) is 19.9 Å². The monoisotopic (exact) mass is 431 g/mol. The average Bonchev–Trinajstić information content (AvgIpc) is 2.82. The van der Waals surface area contributed by atoms with Gasteiger partial charge in [0.2, 0.25) is 6.10 Å². The fraction of sp³-hybridized carbons (Fsp3) is 0.154. The van der Waals surface area contributed by atoms with E-state index in [1.54, 1.807) is 61.7 Å². The van der Waals surface area contributed by atoms with Gasteiger partial charge in [-0.2, -0.15) is 0 Å². The smallest absolute Gasteiger partial charge is 0.331 e. The van der Waals surface area contributed by atoms with Gasteiger partial charge >= 0.3 is 5.97 Å². The molecule has 1 N–H and O–H groups in total. The predicted molar refractivity (Wildman–Crippen MR) is 124 cm³/mol. The lowest BCUT2D eigenvalue weighted by molar-refractivity contribution is -0.149. The molecule has 0 saturated heterocycles. The van der Waals surface area contributed by atoms with Crippen LogP contribution in [0.2, 0.25) is 0 Å². The molecule has 0 spiro atoms. The van der Waals surface area contributed by atoms with Crippen LogP contribution in [0.3, 0.4) is 0 Å². The van der Waals surface area contributed by atoms with Crippen molar-refractivity contribution in [2.24, 2.45) is 0 Å². The second kappa shape index (κ2) is 10.8. The molecule has 6 heteroatoms. The van der Waals surface area contributed by atoms with Gasteiger partial charge in [-0.1, -0.05) is 48.5 Å². The first-order valence-electron chi connectivity index (χ1n) is 10.0. The second-order valence-electron chi connectivity index (χ2n) is 7.03. The van der Waals surface area contributed by atoms with Gasteiger partial charge in [0.15, 0.2) is 0 Å². The molecule has 0 heterocycles. The number of anilines is 1. The van der Waals surface area contributed by atoms with Crippen LogP contribution in [0.1, 0.15) is 22.8 Å². The molecule has 0 radical (unpaired) electrons. The Morgan fingerprint density at radius 3 is 2.28 bits per heavy atom. The van der Waals surface area contributed by atoms with Crippen LogP contribution in [-0.2, 0) is 14.3 Å². The molecule has 0 aliphatic rings. The van der Waals surface area contributed by atoms with Crippen molar-refractivity contribution in [1.29, 1.82) is 0 Å². The minimum absolute atomic E-state index is 0.480. The number of carbonyl (C=O) groups excluding carboxylic acids is 2. The van der Waals surface area contributed by atoms with Crippen molar-refractivity contribution in [2.75, 3.05) is 19.5 Å². The summed E-state index contributed by atoms with van der Waals surface area (Å²) in [5.41, 5.74) is 2.82. The van der Waals surface area contributed by atoms with Crippen LogP contribution in [0.15, 0.2) is 78.9 Å². The van der Waals surface area contributed by atoms with Crippen LogP contribution in [0.5, 0.6) is 11.5 Å². The largest absolute Gasteiger partial charge is 0.497 e. The highest BCUT2D eigenvalue weighted by atomic mass is 16.5. The van der Waals surface area contributed by atoms with E-state index in [1.807, 2.05) is 31.2 Å². The summed E-state index contributed by atoms with van der Waals surface area (Å²) in [7, 11) is 3.11. The third-order valence-corrected chi connectivity index (χ3v) is 4.71. The zero-order valence-electron chi connectivity index (χ0n) is 18.2. The molecule has 6 nitrogen and oxygen atoms in total. The number of rotatable bonds is 8. The Bertz CT molecular complexity index is 1090. The summed E-state index contributed by atoms with van der Waals surface area (Å²) < 4.78 is 16.0. The molecule has 1 atom stereocenters. The fourth-order valence-corrected chi connectivity index (χ4v) is 3.05. The van der Waals surface area contributed by atoms with E-state index >= 15 is 0 Å². The van der Waals surface area contributed by atoms with Crippen LogP contribution in [-0.4, -0.2) is 26.1 Å². The lowest BCUT2D eigenvalue weighted by atomic mass is 10.1. The summed E-state index contributed by atoms with van der Waals surface area (Å²) in [4.78, 5) is 25.6. The number of nitrogens with one attached hydrogen (secondary N) is 1. The number of hydrogen-bond acceptors (Lipinski definition) is 5. The Morgan fingerprint density at radius 2 is 1.62 bits per heavy atom. The number of methoxy groups -OCH3 is 2. The van der Waals surface area contributed by atoms with E-state index in [1.165, 1.54) is 13.2 Å². The summed E-state index contributed by atoms with van der Waals surface area (Å²) in [6, 6.07) is 21.5. The van der Waals surface area contributed by atoms with E-state index in [4.69, 9.17) is 14.2 Å². The number of amides is 1. The summed E-state index contributed by atoms with van der Waals surface area (Å²) in [5, 5.41) is 2.81. The van der Waals surface area contributed by atoms with Gasteiger partial charge in [-0.15, -0.1) is 0 Å². The number of carbonyl (C=O) groups is 2. The van der Waals surface area contributed by atoms with Crippen molar-refractivity contribution in [3.8, 4) is 11.5 Å². The topological polar surface area (TPSA) is 73.9 Å². The van der Waals surface area contributed by atoms with Gasteiger partial charge < -0.3 is 19.5 Å². The van der Waals surface area contributed by atoms with Crippen LogP contribution in [0.25, 0.3) is 6.08 Å². The van der Waals surface area contributed by atoms with Crippen molar-refractivity contribution < 1.29 is 23.8 Å². The zero-order chi connectivity index (χ0) is 22.9. The lowest BCUT2D eigenvalue weighted by Crippen LogP contribution is -2.25. The van der Waals surface area contributed by atoms with Gasteiger partial charge in [0.25, 0.3) is 5.91 Å². The average molecular weight is 431 g/mol. The van der Waals surface area contributed by atoms with Gasteiger partial charge in [0, 0.05) is 11.6 Å². The molecule has 0 saturated carbocycles. The fourth-order valence-electron chi connectivity index (χ4n) is 3.05. The molecule has 0 aliphatic heterocycles. The van der Waals surface area contributed by atoms with E-state index in [2.05, 4.69) is 5.32 Å². The molecule has 1 amide bonds. The van der Waals surface area contributed by atoms with Crippen molar-refractivity contribution in [3.63, 3.8) is 0 Å². The molecule has 0 aromatic heterocycles. The van der Waals surface area contributed by atoms with Crippen LogP contribution >= 0.6 is 0 Å². The Labute approximate surface area is 187 Å². The van der Waals surface area contributed by atoms with Crippen molar-refractivity contribution in [1.82, 2.24) is 0 Å². The van der Waals surface area contributed by atoms with Gasteiger partial charge in [-0.3, -0.25) is 4.79 Å². The highest BCUT2D eigenvalue weighted by Crippen LogP contribution is 2.28. The first kappa shape index (κ1) is 22.6. The first-order valence-corrected chi connectivity index (χ1v) is 10.0. The summed E-state index contributed by atoms with van der Waals surface area (Å²) in [6.45, 7) is 1.91. The predicted octanol–water partition coefficient (Wildman–Crippen LogP) is 4.95. The number of ether oxygens (including phenoxy) is 3. The maximum atomic E-state index is 13.1. The van der Waals surface area contributed by atoms with Gasteiger partial charge in [-0.05, 0) is 48.4 Å². The standard InChI is InChI=1S/C26H25NO5/c1-18-9-15-23(31-3)22(17-18)27-26(29)25(20-7-5-4-6-8-20)32-24(28)16-12-19-10-13-21(30-2)14-11-19/h4-17,25H,1-3H3,(H,27,29)/b16-12+. The number of hydrogen-bond donors (Lipinski definition) is 1. The molecule has 164 valence electrons. The molecule has 0 aliphatic carbocycles. The lowest BCUT2D eigenvalue weighted by Gasteiger charge is -2.18. The minimum Gasteiger partial charge on any atom is -0.497 e. The van der Waals surface area contributed by atoms with Crippen LogP contribution in [0.4, 0.5) is 5.69 Å². The molecular formula is C26H25NO5. The Morgan fingerprint density at radius 1 is 0.906 bits per heavy atom. The highest BCUT2D eigenvalue weighted by Gasteiger charge is 2.25. The van der Waals surface area contributed by atoms with Crippen LogP contribution in [0, 0.1) is 6.92 Å².